The Labute approximate surface area is 83.7 Å². The van der Waals surface area contributed by atoms with E-state index < -0.39 is 24.5 Å². The number of rotatable bonds is 0. The van der Waals surface area contributed by atoms with E-state index in [9.17, 15) is 18.0 Å². The predicted molar refractivity (Wildman–Crippen MR) is 45.9 cm³/mol. The Morgan fingerprint density at radius 2 is 1.93 bits per heavy atom. The third-order valence-corrected chi connectivity index (χ3v) is 2.19. The Balaban J connectivity index is 2.35. The molecule has 0 bridgehead atoms. The fourth-order valence-electron chi connectivity index (χ4n) is 1.46. The Kier molecular flexibility index (Phi) is 2.17. The molecule has 5 heteroatoms. The SMILES string of the molecule is O=C1CC(C(F)(F)F)Oc2ccccc21. The van der Waals surface area contributed by atoms with Crippen molar-refractivity contribution in [2.45, 2.75) is 18.7 Å². The Hall–Kier alpha value is -1.52. The van der Waals surface area contributed by atoms with Crippen LogP contribution >= 0.6 is 0 Å². The van der Waals surface area contributed by atoms with Crippen LogP contribution in [0, 0.1) is 0 Å². The molecule has 0 fully saturated rings. The lowest BCUT2D eigenvalue weighted by Crippen LogP contribution is -2.39. The minimum absolute atomic E-state index is 0.0103. The van der Waals surface area contributed by atoms with Crippen LogP contribution < -0.4 is 4.74 Å². The van der Waals surface area contributed by atoms with Gasteiger partial charge in [0.25, 0.3) is 0 Å². The first-order chi connectivity index (χ1) is 6.98. The van der Waals surface area contributed by atoms with Crippen LogP contribution in [-0.2, 0) is 0 Å². The molecule has 0 saturated carbocycles. The zero-order valence-electron chi connectivity index (χ0n) is 7.54. The molecule has 0 saturated heterocycles. The molecular formula is C10H7F3O2. The van der Waals surface area contributed by atoms with Gasteiger partial charge < -0.3 is 4.74 Å². The van der Waals surface area contributed by atoms with Gasteiger partial charge in [-0.2, -0.15) is 13.2 Å². The summed E-state index contributed by atoms with van der Waals surface area (Å²) in [5, 5.41) is 0. The summed E-state index contributed by atoms with van der Waals surface area (Å²) in [5.74, 6) is -0.518. The number of ether oxygens (including phenoxy) is 1. The largest absolute Gasteiger partial charge is 0.480 e. The maximum atomic E-state index is 12.3. The van der Waals surface area contributed by atoms with Crippen LogP contribution in [0.2, 0.25) is 0 Å². The van der Waals surface area contributed by atoms with Crippen molar-refractivity contribution < 1.29 is 22.7 Å². The van der Waals surface area contributed by atoms with Gasteiger partial charge in [0.1, 0.15) is 5.75 Å². The normalized spacial score (nSPS) is 20.7. The van der Waals surface area contributed by atoms with E-state index >= 15 is 0 Å². The molecule has 1 atom stereocenters. The highest BCUT2D eigenvalue weighted by Gasteiger charge is 2.45. The number of para-hydroxylation sites is 1. The fourth-order valence-corrected chi connectivity index (χ4v) is 1.46. The minimum Gasteiger partial charge on any atom is -0.480 e. The zero-order valence-corrected chi connectivity index (χ0v) is 7.54. The Morgan fingerprint density at radius 1 is 1.27 bits per heavy atom. The second-order valence-electron chi connectivity index (χ2n) is 3.27. The molecular weight excluding hydrogens is 209 g/mol. The van der Waals surface area contributed by atoms with Crippen LogP contribution in [-0.4, -0.2) is 18.1 Å². The number of hydrogen-bond acceptors (Lipinski definition) is 2. The number of hydrogen-bond donors (Lipinski definition) is 0. The van der Waals surface area contributed by atoms with Gasteiger partial charge in [-0.05, 0) is 12.1 Å². The van der Waals surface area contributed by atoms with Gasteiger partial charge in [0.15, 0.2) is 5.78 Å². The molecule has 2 rings (SSSR count). The summed E-state index contributed by atoms with van der Waals surface area (Å²) in [4.78, 5) is 11.4. The van der Waals surface area contributed by atoms with Gasteiger partial charge in [-0.3, -0.25) is 4.79 Å². The number of fused-ring (bicyclic) bond motifs is 1. The monoisotopic (exact) mass is 216 g/mol. The van der Waals surface area contributed by atoms with Crippen LogP contribution in [0.5, 0.6) is 5.75 Å². The van der Waals surface area contributed by atoms with Gasteiger partial charge in [0.2, 0.25) is 6.10 Å². The summed E-state index contributed by atoms with van der Waals surface area (Å²) in [7, 11) is 0. The number of benzene rings is 1. The average Bonchev–Trinajstić information content (AvgIpc) is 2.16. The van der Waals surface area contributed by atoms with Crippen molar-refractivity contribution in [1.82, 2.24) is 0 Å². The third kappa shape index (κ3) is 1.82. The molecule has 1 aromatic rings. The molecule has 0 N–H and O–H groups in total. The van der Waals surface area contributed by atoms with E-state index in [-0.39, 0.29) is 11.3 Å². The molecule has 0 amide bonds. The van der Waals surface area contributed by atoms with Crippen LogP contribution in [0.25, 0.3) is 0 Å². The molecule has 1 aliphatic rings. The van der Waals surface area contributed by atoms with E-state index in [0.717, 1.165) is 0 Å². The molecule has 0 spiro atoms. The molecule has 1 heterocycles. The summed E-state index contributed by atoms with van der Waals surface area (Å²) in [6.45, 7) is 0. The van der Waals surface area contributed by atoms with Crippen LogP contribution in [0.1, 0.15) is 16.8 Å². The lowest BCUT2D eigenvalue weighted by atomic mass is 10.0. The van der Waals surface area contributed by atoms with Gasteiger partial charge >= 0.3 is 6.18 Å². The van der Waals surface area contributed by atoms with Crippen molar-refractivity contribution in [3.8, 4) is 5.75 Å². The van der Waals surface area contributed by atoms with E-state index in [1.807, 2.05) is 0 Å². The second-order valence-corrected chi connectivity index (χ2v) is 3.27. The third-order valence-electron chi connectivity index (χ3n) is 2.19. The molecule has 0 radical (unpaired) electrons. The standard InChI is InChI=1S/C10H7F3O2/c11-10(12,13)9-5-7(14)6-3-1-2-4-8(6)15-9/h1-4,9H,5H2. The highest BCUT2D eigenvalue weighted by Crippen LogP contribution is 2.34. The first kappa shape index (κ1) is 10.0. The summed E-state index contributed by atoms with van der Waals surface area (Å²) < 4.78 is 41.7. The van der Waals surface area contributed by atoms with Crippen molar-refractivity contribution in [3.63, 3.8) is 0 Å². The van der Waals surface area contributed by atoms with Crippen molar-refractivity contribution >= 4 is 5.78 Å². The predicted octanol–water partition coefficient (Wildman–Crippen LogP) is 2.58. The van der Waals surface area contributed by atoms with Gasteiger partial charge in [-0.15, -0.1) is 0 Å². The first-order valence-corrected chi connectivity index (χ1v) is 4.34. The molecule has 80 valence electrons. The summed E-state index contributed by atoms with van der Waals surface area (Å²) in [6, 6.07) is 5.95. The molecule has 15 heavy (non-hydrogen) atoms. The van der Waals surface area contributed by atoms with E-state index in [0.29, 0.717) is 0 Å². The fraction of sp³-hybridized carbons (Fsp3) is 0.300. The number of carbonyl (C=O) groups excluding carboxylic acids is 1. The maximum absolute atomic E-state index is 12.3. The number of halogens is 3. The Bertz CT molecular complexity index is 398. The minimum atomic E-state index is -4.50. The van der Waals surface area contributed by atoms with Gasteiger partial charge in [-0.25, -0.2) is 0 Å². The number of Topliss-reactive ketones (excluding diaryl/α,β-unsaturated/α-hetero) is 1. The number of ketones is 1. The lowest BCUT2D eigenvalue weighted by Gasteiger charge is -2.26. The highest BCUT2D eigenvalue weighted by atomic mass is 19.4. The Morgan fingerprint density at radius 3 is 2.60 bits per heavy atom. The molecule has 0 aromatic heterocycles. The van der Waals surface area contributed by atoms with Crippen LogP contribution in [0.15, 0.2) is 24.3 Å². The smallest absolute Gasteiger partial charge is 0.425 e. The summed E-state index contributed by atoms with van der Waals surface area (Å²) in [5.41, 5.74) is 0.220. The van der Waals surface area contributed by atoms with E-state index in [2.05, 4.69) is 0 Å². The van der Waals surface area contributed by atoms with Crippen LogP contribution in [0.4, 0.5) is 13.2 Å². The molecule has 0 aliphatic carbocycles. The summed E-state index contributed by atoms with van der Waals surface area (Å²) >= 11 is 0. The first-order valence-electron chi connectivity index (χ1n) is 4.34. The van der Waals surface area contributed by atoms with Crippen molar-refractivity contribution in [2.75, 3.05) is 0 Å². The van der Waals surface area contributed by atoms with Gasteiger partial charge in [0.05, 0.1) is 12.0 Å². The van der Waals surface area contributed by atoms with Crippen molar-refractivity contribution in [3.05, 3.63) is 29.8 Å². The van der Waals surface area contributed by atoms with Crippen molar-refractivity contribution in [2.24, 2.45) is 0 Å². The number of alkyl halides is 3. The summed E-state index contributed by atoms with van der Waals surface area (Å²) in [6.07, 6.45) is -7.15. The molecule has 2 nitrogen and oxygen atoms in total. The lowest BCUT2D eigenvalue weighted by molar-refractivity contribution is -0.195. The molecule has 1 aliphatic heterocycles. The zero-order chi connectivity index (χ0) is 11.1. The number of carbonyl (C=O) groups is 1. The van der Waals surface area contributed by atoms with Gasteiger partial charge in [0, 0.05) is 0 Å². The maximum Gasteiger partial charge on any atom is 0.425 e. The topological polar surface area (TPSA) is 26.3 Å². The van der Waals surface area contributed by atoms with Gasteiger partial charge in [-0.1, -0.05) is 12.1 Å². The van der Waals surface area contributed by atoms with E-state index in [1.165, 1.54) is 18.2 Å². The van der Waals surface area contributed by atoms with E-state index in [4.69, 9.17) is 4.74 Å². The highest BCUT2D eigenvalue weighted by molar-refractivity contribution is 5.99. The molecule has 1 unspecified atom stereocenters. The van der Waals surface area contributed by atoms with E-state index in [1.54, 1.807) is 6.07 Å². The quantitative estimate of drug-likeness (QED) is 0.666. The van der Waals surface area contributed by atoms with Crippen molar-refractivity contribution in [1.29, 1.82) is 0 Å². The molecule has 1 aromatic carbocycles. The van der Waals surface area contributed by atoms with Crippen LogP contribution in [0.3, 0.4) is 0 Å². The average molecular weight is 216 g/mol. The second kappa shape index (κ2) is 3.25.